The molecule has 0 bridgehead atoms. The van der Waals surface area contributed by atoms with Gasteiger partial charge in [0.05, 0.1) is 28.5 Å². The first-order chi connectivity index (χ1) is 15.6. The Hall–Kier alpha value is -3.34. The van der Waals surface area contributed by atoms with Crippen molar-refractivity contribution < 1.29 is 14.0 Å². The van der Waals surface area contributed by atoms with Crippen LogP contribution in [0.25, 0.3) is 10.2 Å². The van der Waals surface area contributed by atoms with Crippen molar-refractivity contribution in [1.29, 1.82) is 0 Å². The molecule has 1 atom stereocenters. The number of carbonyl (C=O) groups excluding carboxylic acids is 2. The van der Waals surface area contributed by atoms with E-state index in [4.69, 9.17) is 0 Å². The first-order valence-corrected chi connectivity index (χ1v) is 11.5. The summed E-state index contributed by atoms with van der Waals surface area (Å²) in [7, 11) is 0. The molecule has 0 aromatic carbocycles. The fraction of sp³-hybridized carbons (Fsp3) is 0.409. The van der Waals surface area contributed by atoms with Gasteiger partial charge in [-0.3, -0.25) is 9.78 Å². The van der Waals surface area contributed by atoms with Gasteiger partial charge in [-0.25, -0.2) is 19.2 Å². The van der Waals surface area contributed by atoms with Crippen molar-refractivity contribution in [3.63, 3.8) is 0 Å². The number of carbonyl (C=O) groups is 2. The SMILES string of the molecule is C[C@H](Nc1nc(C(=O)N2CC(NC(=O)NC(C)(C)C)C2)c2sccc2n1)c1cncc(F)c1. The number of hydrogen-bond acceptors (Lipinski definition) is 7. The minimum atomic E-state index is -0.427. The first kappa shape index (κ1) is 22.8. The molecule has 0 unspecified atom stereocenters. The van der Waals surface area contributed by atoms with Crippen LogP contribution in [-0.4, -0.2) is 56.5 Å². The molecule has 4 rings (SSSR count). The number of fused-ring (bicyclic) bond motifs is 1. The normalized spacial score (nSPS) is 15.1. The minimum Gasteiger partial charge on any atom is -0.348 e. The van der Waals surface area contributed by atoms with Gasteiger partial charge in [0.2, 0.25) is 5.95 Å². The number of nitrogens with one attached hydrogen (secondary N) is 3. The smallest absolute Gasteiger partial charge is 0.315 e. The number of aromatic nitrogens is 3. The fourth-order valence-corrected chi connectivity index (χ4v) is 4.27. The predicted molar refractivity (Wildman–Crippen MR) is 125 cm³/mol. The highest BCUT2D eigenvalue weighted by Crippen LogP contribution is 2.27. The molecule has 174 valence electrons. The molecule has 1 saturated heterocycles. The summed E-state index contributed by atoms with van der Waals surface area (Å²) in [6.07, 6.45) is 2.71. The average molecular weight is 472 g/mol. The Labute approximate surface area is 194 Å². The van der Waals surface area contributed by atoms with Gasteiger partial charge in [-0.2, -0.15) is 0 Å². The van der Waals surface area contributed by atoms with E-state index in [0.717, 1.165) is 6.20 Å². The topological polar surface area (TPSA) is 112 Å². The summed E-state index contributed by atoms with van der Waals surface area (Å²) in [6.45, 7) is 8.36. The van der Waals surface area contributed by atoms with Crippen molar-refractivity contribution in [2.45, 2.75) is 45.3 Å². The van der Waals surface area contributed by atoms with Gasteiger partial charge < -0.3 is 20.9 Å². The number of anilines is 1. The van der Waals surface area contributed by atoms with Crippen LogP contribution in [0, 0.1) is 5.82 Å². The number of halogens is 1. The van der Waals surface area contributed by atoms with Crippen LogP contribution >= 0.6 is 11.3 Å². The van der Waals surface area contributed by atoms with Gasteiger partial charge >= 0.3 is 6.03 Å². The molecule has 9 nitrogen and oxygen atoms in total. The van der Waals surface area contributed by atoms with Gasteiger partial charge in [0.1, 0.15) is 5.82 Å². The fourth-order valence-electron chi connectivity index (χ4n) is 3.46. The number of pyridine rings is 1. The van der Waals surface area contributed by atoms with Gasteiger partial charge in [0.25, 0.3) is 5.91 Å². The number of likely N-dealkylation sites (tertiary alicyclic amines) is 1. The number of amides is 3. The van der Waals surface area contributed by atoms with Crippen molar-refractivity contribution in [2.75, 3.05) is 18.4 Å². The summed E-state index contributed by atoms with van der Waals surface area (Å²) < 4.78 is 14.2. The quantitative estimate of drug-likeness (QED) is 0.526. The zero-order chi connectivity index (χ0) is 23.8. The van der Waals surface area contributed by atoms with Crippen LogP contribution in [0.3, 0.4) is 0 Å². The van der Waals surface area contributed by atoms with Gasteiger partial charge in [-0.05, 0) is 50.8 Å². The third kappa shape index (κ3) is 5.36. The molecule has 3 amide bonds. The van der Waals surface area contributed by atoms with Gasteiger partial charge in [0, 0.05) is 24.8 Å². The summed E-state index contributed by atoms with van der Waals surface area (Å²) in [5, 5.41) is 10.7. The second kappa shape index (κ2) is 8.89. The summed E-state index contributed by atoms with van der Waals surface area (Å²) in [5.74, 6) is -0.369. The molecule has 1 aliphatic rings. The van der Waals surface area contributed by atoms with Crippen LogP contribution in [0.4, 0.5) is 15.1 Å². The molecule has 1 fully saturated rings. The van der Waals surface area contributed by atoms with Crippen LogP contribution < -0.4 is 16.0 Å². The lowest BCUT2D eigenvalue weighted by Crippen LogP contribution is -2.63. The Kier molecular flexibility index (Phi) is 6.15. The summed E-state index contributed by atoms with van der Waals surface area (Å²) in [6, 6.07) is 2.54. The lowest BCUT2D eigenvalue weighted by molar-refractivity contribution is 0.0572. The molecule has 11 heteroatoms. The molecule has 33 heavy (non-hydrogen) atoms. The van der Waals surface area contributed by atoms with Crippen LogP contribution in [0.1, 0.15) is 49.8 Å². The van der Waals surface area contributed by atoms with E-state index < -0.39 is 5.82 Å². The molecule has 0 spiro atoms. The standard InChI is InChI=1S/C22H26FN7O2S/c1-12(13-7-14(23)9-24-8-13)25-20-27-16-5-6-33-18(16)17(28-20)19(31)30-10-15(11-30)26-21(32)29-22(2,3)4/h5-9,12,15H,10-11H2,1-4H3,(H,25,27,28)(H2,26,29,32)/t12-/m0/s1. The Morgan fingerprint density at radius 1 is 1.24 bits per heavy atom. The molecule has 1 aliphatic heterocycles. The van der Waals surface area contributed by atoms with E-state index in [1.54, 1.807) is 11.1 Å². The largest absolute Gasteiger partial charge is 0.348 e. The highest BCUT2D eigenvalue weighted by Gasteiger charge is 2.34. The van der Waals surface area contributed by atoms with Crippen molar-refractivity contribution in [3.05, 3.63) is 47.0 Å². The lowest BCUT2D eigenvalue weighted by Gasteiger charge is -2.39. The molecule has 0 saturated carbocycles. The Balaban J connectivity index is 1.46. The van der Waals surface area contributed by atoms with Crippen LogP contribution in [0.5, 0.6) is 0 Å². The number of rotatable bonds is 5. The van der Waals surface area contributed by atoms with E-state index >= 15 is 0 Å². The van der Waals surface area contributed by atoms with Crippen LogP contribution in [0.2, 0.25) is 0 Å². The first-order valence-electron chi connectivity index (χ1n) is 10.6. The highest BCUT2D eigenvalue weighted by atomic mass is 32.1. The number of urea groups is 1. The van der Waals surface area contributed by atoms with Crippen molar-refractivity contribution in [2.24, 2.45) is 0 Å². The van der Waals surface area contributed by atoms with Crippen LogP contribution in [0.15, 0.2) is 29.9 Å². The molecule has 3 aromatic rings. The summed E-state index contributed by atoms with van der Waals surface area (Å²) in [4.78, 5) is 39.7. The van der Waals surface area contributed by atoms with Crippen molar-refractivity contribution in [1.82, 2.24) is 30.5 Å². The number of thiophene rings is 1. The second-order valence-electron chi connectivity index (χ2n) is 9.09. The van der Waals surface area contributed by atoms with E-state index in [2.05, 4.69) is 30.9 Å². The maximum absolute atomic E-state index is 13.5. The Morgan fingerprint density at radius 2 is 2.00 bits per heavy atom. The average Bonchev–Trinajstić information content (AvgIpc) is 3.16. The Bertz CT molecular complexity index is 1190. The van der Waals surface area contributed by atoms with Gasteiger partial charge in [-0.15, -0.1) is 11.3 Å². The second-order valence-corrected chi connectivity index (χ2v) is 10.0. The molecule has 3 N–H and O–H groups in total. The molecule has 0 aliphatic carbocycles. The summed E-state index contributed by atoms with van der Waals surface area (Å²) >= 11 is 1.40. The molecular weight excluding hydrogens is 445 g/mol. The van der Waals surface area contributed by atoms with Gasteiger partial charge in [-0.1, -0.05) is 0 Å². The molecular formula is C22H26FN7O2S. The predicted octanol–water partition coefficient (Wildman–Crippen LogP) is 3.32. The van der Waals surface area contributed by atoms with E-state index in [-0.39, 0.29) is 35.5 Å². The molecule has 0 radical (unpaired) electrons. The van der Waals surface area contributed by atoms with E-state index in [0.29, 0.717) is 34.6 Å². The van der Waals surface area contributed by atoms with Gasteiger partial charge in [0.15, 0.2) is 5.69 Å². The third-order valence-electron chi connectivity index (χ3n) is 5.07. The molecule has 3 aromatic heterocycles. The zero-order valence-electron chi connectivity index (χ0n) is 18.8. The monoisotopic (exact) mass is 471 g/mol. The van der Waals surface area contributed by atoms with Crippen LogP contribution in [-0.2, 0) is 0 Å². The van der Waals surface area contributed by atoms with E-state index in [9.17, 15) is 14.0 Å². The zero-order valence-corrected chi connectivity index (χ0v) is 19.7. The Morgan fingerprint density at radius 3 is 2.70 bits per heavy atom. The maximum Gasteiger partial charge on any atom is 0.315 e. The maximum atomic E-state index is 13.5. The van der Waals surface area contributed by atoms with Crippen molar-refractivity contribution in [3.8, 4) is 0 Å². The highest BCUT2D eigenvalue weighted by molar-refractivity contribution is 7.17. The van der Waals surface area contributed by atoms with E-state index in [1.165, 1.54) is 17.4 Å². The lowest BCUT2D eigenvalue weighted by atomic mass is 10.1. The number of hydrogen-bond donors (Lipinski definition) is 3. The third-order valence-corrected chi connectivity index (χ3v) is 5.98. The minimum absolute atomic E-state index is 0.116. The molecule has 4 heterocycles. The summed E-state index contributed by atoms with van der Waals surface area (Å²) in [5.41, 5.74) is 1.27. The van der Waals surface area contributed by atoms with E-state index in [1.807, 2.05) is 39.1 Å². The number of nitrogens with zero attached hydrogens (tertiary/aromatic N) is 4. The van der Waals surface area contributed by atoms with Crippen molar-refractivity contribution >= 4 is 39.4 Å².